The van der Waals surface area contributed by atoms with E-state index in [2.05, 4.69) is 9.72 Å². The molecule has 0 radical (unpaired) electrons. The second kappa shape index (κ2) is 4.20. The Balaban J connectivity index is 3.36. The van der Waals surface area contributed by atoms with Crippen molar-refractivity contribution in [2.75, 3.05) is 7.11 Å². The maximum Gasteiger partial charge on any atom is 0.265 e. The third-order valence-electron chi connectivity index (χ3n) is 1.50. The monoisotopic (exact) mass is 218 g/mol. The van der Waals surface area contributed by atoms with E-state index in [0.29, 0.717) is 0 Å². The van der Waals surface area contributed by atoms with Crippen LogP contribution < -0.4 is 4.74 Å². The average molecular weight is 219 g/mol. The van der Waals surface area contributed by atoms with Crippen LogP contribution in [0.2, 0.25) is 5.02 Å². The van der Waals surface area contributed by atoms with Gasteiger partial charge in [0.05, 0.1) is 7.11 Å². The molecule has 0 unspecified atom stereocenters. The molecule has 1 aromatic rings. The Labute approximate surface area is 83.9 Å². The second-order valence-electron chi connectivity index (χ2n) is 2.33. The van der Waals surface area contributed by atoms with Crippen molar-refractivity contribution in [2.24, 2.45) is 0 Å². The van der Waals surface area contributed by atoms with Crippen LogP contribution in [0.4, 0.5) is 8.78 Å². The summed E-state index contributed by atoms with van der Waals surface area (Å²) in [7, 11) is 1.24. The standard InChI is InChI=1S/C8H5ClF2N2O/c1-14-8-6(9)5(7(10)11)2-4(3-12)13-8/h2,7H,1H3. The number of alkyl halides is 2. The molecule has 6 heteroatoms. The highest BCUT2D eigenvalue weighted by molar-refractivity contribution is 6.32. The minimum atomic E-state index is -2.76. The second-order valence-corrected chi connectivity index (χ2v) is 2.71. The quantitative estimate of drug-likeness (QED) is 0.766. The van der Waals surface area contributed by atoms with Crippen molar-refractivity contribution in [1.82, 2.24) is 4.98 Å². The molecule has 0 atom stereocenters. The molecule has 1 aromatic heterocycles. The van der Waals surface area contributed by atoms with Gasteiger partial charge in [-0.2, -0.15) is 5.26 Å². The van der Waals surface area contributed by atoms with Gasteiger partial charge in [0.15, 0.2) is 0 Å². The molecule has 1 rings (SSSR count). The number of aromatic nitrogens is 1. The van der Waals surface area contributed by atoms with E-state index >= 15 is 0 Å². The first kappa shape index (κ1) is 10.7. The van der Waals surface area contributed by atoms with Crippen LogP contribution in [0.1, 0.15) is 17.7 Å². The lowest BCUT2D eigenvalue weighted by Crippen LogP contribution is -1.97. The maximum absolute atomic E-state index is 12.4. The fraction of sp³-hybridized carbons (Fsp3) is 0.250. The van der Waals surface area contributed by atoms with Crippen LogP contribution in [-0.2, 0) is 0 Å². The summed E-state index contributed by atoms with van der Waals surface area (Å²) < 4.78 is 29.4. The van der Waals surface area contributed by atoms with Crippen LogP contribution >= 0.6 is 11.6 Å². The van der Waals surface area contributed by atoms with Crippen LogP contribution in [0.5, 0.6) is 5.88 Å². The predicted octanol–water partition coefficient (Wildman–Crippen LogP) is 2.55. The van der Waals surface area contributed by atoms with E-state index in [1.54, 1.807) is 6.07 Å². The Morgan fingerprint density at radius 3 is 2.71 bits per heavy atom. The zero-order valence-electron chi connectivity index (χ0n) is 7.09. The Kier molecular flexibility index (Phi) is 3.20. The smallest absolute Gasteiger partial charge is 0.265 e. The Morgan fingerprint density at radius 2 is 2.29 bits per heavy atom. The van der Waals surface area contributed by atoms with Gasteiger partial charge in [-0.05, 0) is 6.07 Å². The molecular formula is C8H5ClF2N2O. The summed E-state index contributed by atoms with van der Waals surface area (Å²) in [4.78, 5) is 3.60. The number of rotatable bonds is 2. The van der Waals surface area contributed by atoms with Crippen molar-refractivity contribution < 1.29 is 13.5 Å². The van der Waals surface area contributed by atoms with Crippen LogP contribution in [0, 0.1) is 11.3 Å². The minimum Gasteiger partial charge on any atom is -0.480 e. The fourth-order valence-corrected chi connectivity index (χ4v) is 1.13. The highest BCUT2D eigenvalue weighted by Crippen LogP contribution is 2.33. The predicted molar refractivity (Wildman–Crippen MR) is 45.5 cm³/mol. The Hall–Kier alpha value is -1.41. The maximum atomic E-state index is 12.4. The summed E-state index contributed by atoms with van der Waals surface area (Å²) in [5.74, 6) is -0.166. The molecule has 0 aliphatic rings. The van der Waals surface area contributed by atoms with Gasteiger partial charge in [-0.25, -0.2) is 13.8 Å². The molecule has 74 valence electrons. The molecule has 0 saturated carbocycles. The van der Waals surface area contributed by atoms with E-state index in [-0.39, 0.29) is 16.6 Å². The van der Waals surface area contributed by atoms with Gasteiger partial charge < -0.3 is 4.74 Å². The molecule has 0 aliphatic heterocycles. The first-order chi connectivity index (χ1) is 6.60. The average Bonchev–Trinajstić information content (AvgIpc) is 2.17. The number of ether oxygens (including phenoxy) is 1. The first-order valence-electron chi connectivity index (χ1n) is 3.52. The van der Waals surface area contributed by atoms with Gasteiger partial charge in [0, 0.05) is 5.56 Å². The lowest BCUT2D eigenvalue weighted by atomic mass is 10.2. The number of halogens is 3. The van der Waals surface area contributed by atoms with E-state index in [9.17, 15) is 8.78 Å². The number of methoxy groups -OCH3 is 1. The van der Waals surface area contributed by atoms with Crippen molar-refractivity contribution in [2.45, 2.75) is 6.43 Å². The lowest BCUT2D eigenvalue weighted by molar-refractivity contribution is 0.151. The van der Waals surface area contributed by atoms with Gasteiger partial charge in [0.25, 0.3) is 6.43 Å². The largest absolute Gasteiger partial charge is 0.480 e. The van der Waals surface area contributed by atoms with Crippen molar-refractivity contribution in [3.8, 4) is 11.9 Å². The molecule has 0 spiro atoms. The fourth-order valence-electron chi connectivity index (χ4n) is 0.876. The number of nitrogens with zero attached hydrogens (tertiary/aromatic N) is 2. The van der Waals surface area contributed by atoms with Crippen LogP contribution in [0.3, 0.4) is 0 Å². The molecule has 0 aliphatic carbocycles. The van der Waals surface area contributed by atoms with Gasteiger partial charge in [0.2, 0.25) is 5.88 Å². The van der Waals surface area contributed by atoms with Crippen molar-refractivity contribution in [3.05, 3.63) is 22.3 Å². The summed E-state index contributed by atoms with van der Waals surface area (Å²) in [6.07, 6.45) is -2.76. The van der Waals surface area contributed by atoms with Crippen LogP contribution in [0.15, 0.2) is 6.07 Å². The van der Waals surface area contributed by atoms with Crippen molar-refractivity contribution in [1.29, 1.82) is 5.26 Å². The number of hydrogen-bond acceptors (Lipinski definition) is 3. The molecule has 3 nitrogen and oxygen atoms in total. The molecule has 1 heterocycles. The summed E-state index contributed by atoms with van der Waals surface area (Å²) in [6, 6.07) is 2.58. The summed E-state index contributed by atoms with van der Waals surface area (Å²) >= 11 is 5.56. The number of pyridine rings is 1. The van der Waals surface area contributed by atoms with E-state index in [0.717, 1.165) is 6.07 Å². The van der Waals surface area contributed by atoms with E-state index in [1.165, 1.54) is 7.11 Å². The van der Waals surface area contributed by atoms with Gasteiger partial charge >= 0.3 is 0 Å². The zero-order chi connectivity index (χ0) is 10.7. The van der Waals surface area contributed by atoms with Gasteiger partial charge in [-0.15, -0.1) is 0 Å². The third kappa shape index (κ3) is 1.91. The molecule has 0 amide bonds. The molecule has 0 N–H and O–H groups in total. The molecule has 0 aromatic carbocycles. The lowest BCUT2D eigenvalue weighted by Gasteiger charge is -2.07. The highest BCUT2D eigenvalue weighted by Gasteiger charge is 2.18. The molecule has 14 heavy (non-hydrogen) atoms. The van der Waals surface area contributed by atoms with E-state index < -0.39 is 12.0 Å². The molecule has 0 bridgehead atoms. The summed E-state index contributed by atoms with van der Waals surface area (Å²) in [5, 5.41) is 8.24. The van der Waals surface area contributed by atoms with Crippen molar-refractivity contribution >= 4 is 11.6 Å². The first-order valence-corrected chi connectivity index (χ1v) is 3.90. The Morgan fingerprint density at radius 1 is 1.64 bits per heavy atom. The number of hydrogen-bond donors (Lipinski definition) is 0. The minimum absolute atomic E-state index is 0.151. The molecular weight excluding hydrogens is 214 g/mol. The third-order valence-corrected chi connectivity index (χ3v) is 1.88. The zero-order valence-corrected chi connectivity index (χ0v) is 7.85. The Bertz CT molecular complexity index is 390. The SMILES string of the molecule is COc1nc(C#N)cc(C(F)F)c1Cl. The van der Waals surface area contributed by atoms with Crippen LogP contribution in [-0.4, -0.2) is 12.1 Å². The van der Waals surface area contributed by atoms with Gasteiger partial charge in [-0.3, -0.25) is 0 Å². The molecule has 0 fully saturated rings. The van der Waals surface area contributed by atoms with E-state index in [4.69, 9.17) is 16.9 Å². The summed E-state index contributed by atoms with van der Waals surface area (Å²) in [5.41, 5.74) is -0.600. The number of nitriles is 1. The molecule has 0 saturated heterocycles. The van der Waals surface area contributed by atoms with Gasteiger partial charge in [0.1, 0.15) is 16.8 Å². The normalized spacial score (nSPS) is 10.0. The van der Waals surface area contributed by atoms with E-state index in [1.807, 2.05) is 0 Å². The van der Waals surface area contributed by atoms with Crippen molar-refractivity contribution in [3.63, 3.8) is 0 Å². The topological polar surface area (TPSA) is 45.9 Å². The highest BCUT2D eigenvalue weighted by atomic mass is 35.5. The van der Waals surface area contributed by atoms with Crippen LogP contribution in [0.25, 0.3) is 0 Å². The summed E-state index contributed by atoms with van der Waals surface area (Å²) in [6.45, 7) is 0. The van der Waals surface area contributed by atoms with Gasteiger partial charge in [-0.1, -0.05) is 11.6 Å².